The number of ketones is 1. The van der Waals surface area contributed by atoms with E-state index in [1.54, 1.807) is 24.3 Å². The summed E-state index contributed by atoms with van der Waals surface area (Å²) >= 11 is 0. The van der Waals surface area contributed by atoms with E-state index < -0.39 is 54.4 Å². The van der Waals surface area contributed by atoms with Gasteiger partial charge in [-0.25, -0.2) is 4.98 Å². The Morgan fingerprint density at radius 2 is 1.26 bits per heavy atom. The highest BCUT2D eigenvalue weighted by molar-refractivity contribution is 5.87. The van der Waals surface area contributed by atoms with Crippen molar-refractivity contribution in [3.63, 3.8) is 0 Å². The fourth-order valence-electron chi connectivity index (χ4n) is 2.98. The van der Waals surface area contributed by atoms with Gasteiger partial charge in [-0.1, -0.05) is 18.6 Å². The number of carbonyl (C=O) groups is 1. The minimum atomic E-state index is -8.02. The van der Waals surface area contributed by atoms with E-state index in [4.69, 9.17) is 0 Å². The first-order chi connectivity index (χ1) is 15.7. The van der Waals surface area contributed by atoms with Gasteiger partial charge < -0.3 is 4.98 Å². The third-order valence-corrected chi connectivity index (χ3v) is 5.04. The van der Waals surface area contributed by atoms with E-state index in [2.05, 4.69) is 9.97 Å². The van der Waals surface area contributed by atoms with Crippen LogP contribution in [0.3, 0.4) is 0 Å². The first-order valence-corrected chi connectivity index (χ1v) is 9.64. The maximum atomic E-state index is 13.7. The number of alkyl halides is 13. The van der Waals surface area contributed by atoms with Gasteiger partial charge in [0.2, 0.25) is 5.78 Å². The lowest BCUT2D eigenvalue weighted by atomic mass is 9.91. The Morgan fingerprint density at radius 3 is 1.80 bits per heavy atom. The van der Waals surface area contributed by atoms with Crippen LogP contribution in [0.4, 0.5) is 57.1 Å². The number of aryl methyl sites for hydroxylation is 1. The molecular formula is C19H15F13N2O. The molecule has 1 aromatic heterocycles. The first kappa shape index (κ1) is 28.7. The third-order valence-electron chi connectivity index (χ3n) is 5.04. The molecule has 1 heterocycles. The lowest BCUT2D eigenvalue weighted by Gasteiger charge is -2.39. The average Bonchev–Trinajstić information content (AvgIpc) is 3.14. The molecule has 0 amide bonds. The van der Waals surface area contributed by atoms with Crippen LogP contribution in [0.1, 0.15) is 31.5 Å². The third kappa shape index (κ3) is 4.79. The van der Waals surface area contributed by atoms with Crippen LogP contribution in [-0.4, -0.2) is 51.5 Å². The molecule has 3 nitrogen and oxygen atoms in total. The Kier molecular flexibility index (Phi) is 7.50. The van der Waals surface area contributed by atoms with Crippen molar-refractivity contribution in [2.75, 3.05) is 0 Å². The lowest BCUT2D eigenvalue weighted by Crippen LogP contribution is -2.71. The van der Waals surface area contributed by atoms with Crippen LogP contribution in [0.2, 0.25) is 0 Å². The molecule has 0 aliphatic carbocycles. The second-order valence-electron chi connectivity index (χ2n) is 7.55. The van der Waals surface area contributed by atoms with E-state index in [1.807, 2.05) is 0 Å². The number of hydrogen-bond acceptors (Lipinski definition) is 2. The van der Waals surface area contributed by atoms with E-state index in [0.717, 1.165) is 0 Å². The zero-order chi connectivity index (χ0) is 27.1. The molecule has 0 saturated heterocycles. The summed E-state index contributed by atoms with van der Waals surface area (Å²) < 4.78 is 170. The average molecular weight is 534 g/mol. The number of aromatic nitrogens is 2. The summed E-state index contributed by atoms with van der Waals surface area (Å²) in [6.45, 7) is 0. The number of benzene rings is 1. The van der Waals surface area contributed by atoms with Gasteiger partial charge in [-0.15, -0.1) is 0 Å². The van der Waals surface area contributed by atoms with Crippen LogP contribution >= 0.6 is 0 Å². The van der Waals surface area contributed by atoms with E-state index >= 15 is 0 Å². The molecule has 1 aromatic carbocycles. The van der Waals surface area contributed by atoms with Gasteiger partial charge in [-0.2, -0.15) is 57.1 Å². The van der Waals surface area contributed by atoms with Gasteiger partial charge in [0.15, 0.2) is 0 Å². The van der Waals surface area contributed by atoms with Crippen molar-refractivity contribution in [2.45, 2.75) is 67.9 Å². The van der Waals surface area contributed by atoms with Crippen molar-refractivity contribution >= 4 is 16.8 Å². The molecule has 2 aromatic rings. The summed E-state index contributed by atoms with van der Waals surface area (Å²) in [5.74, 6) is -40.6. The number of Topliss-reactive ketones (excluding diaryl/α,β-unsaturated/α-hetero) is 1. The molecule has 0 spiro atoms. The van der Waals surface area contributed by atoms with Gasteiger partial charge in [0.05, 0.1) is 11.0 Å². The summed E-state index contributed by atoms with van der Waals surface area (Å²) in [6.07, 6.45) is -9.52. The number of unbranched alkanes of at least 4 members (excludes halogenated alkanes) is 2. The molecule has 1 N–H and O–H groups in total. The predicted molar refractivity (Wildman–Crippen MR) is 94.1 cm³/mol. The molecule has 0 aliphatic heterocycles. The summed E-state index contributed by atoms with van der Waals surface area (Å²) in [5, 5.41) is 0. The van der Waals surface area contributed by atoms with Crippen molar-refractivity contribution in [1.82, 2.24) is 9.97 Å². The molecule has 0 saturated carbocycles. The van der Waals surface area contributed by atoms with Gasteiger partial charge in [0.25, 0.3) is 0 Å². The number of nitrogens with one attached hydrogen (secondary N) is 1. The Morgan fingerprint density at radius 1 is 0.714 bits per heavy atom. The van der Waals surface area contributed by atoms with E-state index in [9.17, 15) is 61.9 Å². The zero-order valence-corrected chi connectivity index (χ0v) is 17.1. The minimum Gasteiger partial charge on any atom is -0.342 e. The molecule has 0 aliphatic rings. The normalized spacial score (nSPS) is 14.5. The van der Waals surface area contributed by atoms with Crippen LogP contribution in [0.15, 0.2) is 24.3 Å². The van der Waals surface area contributed by atoms with E-state index in [1.165, 1.54) is 0 Å². The fourth-order valence-corrected chi connectivity index (χ4v) is 2.98. The highest BCUT2D eigenvalue weighted by atomic mass is 19.4. The topological polar surface area (TPSA) is 45.8 Å². The number of H-pyrrole nitrogens is 1. The molecule has 0 atom stereocenters. The van der Waals surface area contributed by atoms with Crippen LogP contribution in [0, 0.1) is 0 Å². The van der Waals surface area contributed by atoms with E-state index in [0.29, 0.717) is 16.9 Å². The Bertz CT molecular complexity index is 1010. The SMILES string of the molecule is O=C(CCCCCc1nc2ccccc2[nH]1)C(F)(F)C(F)(F)C(F)(F)C(F)(F)C(F)(F)C(F)(F)F. The Labute approximate surface area is 187 Å². The van der Waals surface area contributed by atoms with Crippen LogP contribution in [0.5, 0.6) is 0 Å². The maximum absolute atomic E-state index is 13.7. The number of nitrogens with zero attached hydrogens (tertiary/aromatic N) is 1. The van der Waals surface area contributed by atoms with Crippen molar-refractivity contribution < 1.29 is 61.9 Å². The van der Waals surface area contributed by atoms with Crippen molar-refractivity contribution in [2.24, 2.45) is 0 Å². The smallest absolute Gasteiger partial charge is 0.342 e. The number of hydrogen-bond donors (Lipinski definition) is 1. The second-order valence-corrected chi connectivity index (χ2v) is 7.55. The molecule has 16 heteroatoms. The Balaban J connectivity index is 2.04. The predicted octanol–water partition coefficient (Wildman–Crippen LogP) is 6.97. The second kappa shape index (κ2) is 9.15. The summed E-state index contributed by atoms with van der Waals surface area (Å²) in [5.41, 5.74) is 1.25. The number of fused-ring (bicyclic) bond motifs is 1. The Hall–Kier alpha value is -2.55. The monoisotopic (exact) mass is 534 g/mol. The highest BCUT2D eigenvalue weighted by Gasteiger charge is 2.91. The van der Waals surface area contributed by atoms with Gasteiger partial charge >= 0.3 is 35.8 Å². The van der Waals surface area contributed by atoms with Crippen LogP contribution < -0.4 is 0 Å². The number of carbonyl (C=O) groups excluding carboxylic acids is 1. The van der Waals surface area contributed by atoms with Crippen molar-refractivity contribution in [3.8, 4) is 0 Å². The number of para-hydroxylation sites is 2. The molecule has 0 bridgehead atoms. The van der Waals surface area contributed by atoms with Gasteiger partial charge in [-0.05, 0) is 25.0 Å². The molecule has 35 heavy (non-hydrogen) atoms. The zero-order valence-electron chi connectivity index (χ0n) is 17.1. The summed E-state index contributed by atoms with van der Waals surface area (Å²) in [6, 6.07) is 6.75. The first-order valence-electron chi connectivity index (χ1n) is 9.64. The van der Waals surface area contributed by atoms with Gasteiger partial charge in [0.1, 0.15) is 5.82 Å². The van der Waals surface area contributed by atoms with Gasteiger partial charge in [0, 0.05) is 12.8 Å². The summed E-state index contributed by atoms with van der Waals surface area (Å²) in [7, 11) is 0. The van der Waals surface area contributed by atoms with Crippen LogP contribution in [0.25, 0.3) is 11.0 Å². The van der Waals surface area contributed by atoms with Gasteiger partial charge in [-0.3, -0.25) is 4.79 Å². The highest BCUT2D eigenvalue weighted by Crippen LogP contribution is 2.60. The fraction of sp³-hybridized carbons (Fsp3) is 0.579. The maximum Gasteiger partial charge on any atom is 0.460 e. The standard InChI is InChI=1S/C19H15F13N2O/c20-14(21,15(22,23)16(24,25)17(26,27)18(28,29)19(30,31)32)12(35)8-2-1-3-9-13-33-10-6-4-5-7-11(10)34-13/h4-7H,1-3,8-9H2,(H,33,34). The quantitative estimate of drug-likeness (QED) is 0.250. The number of imidazole rings is 1. The minimum absolute atomic E-state index is 0.126. The molecular weight excluding hydrogens is 519 g/mol. The molecule has 0 unspecified atom stereocenters. The number of aromatic amines is 1. The van der Waals surface area contributed by atoms with E-state index in [-0.39, 0.29) is 19.3 Å². The van der Waals surface area contributed by atoms with Crippen LogP contribution in [-0.2, 0) is 11.2 Å². The van der Waals surface area contributed by atoms with Crippen molar-refractivity contribution in [1.29, 1.82) is 0 Å². The molecule has 0 radical (unpaired) electrons. The summed E-state index contributed by atoms with van der Waals surface area (Å²) in [4.78, 5) is 18.5. The number of rotatable bonds is 11. The number of halogens is 13. The lowest BCUT2D eigenvalue weighted by molar-refractivity contribution is -0.436. The van der Waals surface area contributed by atoms with Crippen molar-refractivity contribution in [3.05, 3.63) is 30.1 Å². The molecule has 2 rings (SSSR count). The largest absolute Gasteiger partial charge is 0.460 e. The molecule has 0 fully saturated rings. The molecule has 198 valence electrons.